The van der Waals surface area contributed by atoms with Gasteiger partial charge in [0.15, 0.2) is 0 Å². The molecule has 0 saturated heterocycles. The zero-order chi connectivity index (χ0) is 16.0. The van der Waals surface area contributed by atoms with Gasteiger partial charge in [-0.15, -0.1) is 0 Å². The minimum Gasteiger partial charge on any atom is -0.481 e. The zero-order valence-electron chi connectivity index (χ0n) is 13.0. The Morgan fingerprint density at radius 3 is 2.48 bits per heavy atom. The fourth-order valence-corrected chi connectivity index (χ4v) is 2.04. The van der Waals surface area contributed by atoms with Crippen molar-refractivity contribution in [1.29, 1.82) is 0 Å². The Balaban J connectivity index is 2.89. The van der Waals surface area contributed by atoms with E-state index in [-0.39, 0.29) is 5.91 Å². The number of amides is 1. The van der Waals surface area contributed by atoms with E-state index in [0.717, 1.165) is 5.69 Å². The molecule has 116 valence electrons. The van der Waals surface area contributed by atoms with Crippen molar-refractivity contribution in [2.24, 2.45) is 5.92 Å². The lowest BCUT2D eigenvalue weighted by atomic mass is 10.1. The monoisotopic (exact) mass is 293 g/mol. The Labute approximate surface area is 125 Å². The summed E-state index contributed by atoms with van der Waals surface area (Å²) in [4.78, 5) is 30.8. The molecule has 1 rings (SSSR count). The molecule has 0 fully saturated rings. The molecule has 21 heavy (non-hydrogen) atoms. The van der Waals surface area contributed by atoms with E-state index >= 15 is 0 Å². The second-order valence-electron chi connectivity index (χ2n) is 5.00. The van der Waals surface area contributed by atoms with E-state index in [0.29, 0.717) is 25.3 Å². The van der Waals surface area contributed by atoms with Gasteiger partial charge in [0.2, 0.25) is 0 Å². The third-order valence-electron chi connectivity index (χ3n) is 3.42. The summed E-state index contributed by atoms with van der Waals surface area (Å²) in [5.41, 5.74) is 1.17. The highest BCUT2D eigenvalue weighted by Gasteiger charge is 2.17. The fraction of sp³-hybridized carbons (Fsp3) is 0.533. The largest absolute Gasteiger partial charge is 0.481 e. The number of rotatable bonds is 7. The number of hydrogen-bond donors (Lipinski definition) is 1. The second-order valence-corrected chi connectivity index (χ2v) is 5.00. The molecular weight excluding hydrogens is 270 g/mol. The van der Waals surface area contributed by atoms with Crippen molar-refractivity contribution in [3.05, 3.63) is 24.0 Å². The molecule has 0 spiro atoms. The van der Waals surface area contributed by atoms with Crippen molar-refractivity contribution in [2.45, 2.75) is 20.8 Å². The molecule has 1 aromatic heterocycles. The quantitative estimate of drug-likeness (QED) is 0.828. The Kier molecular flexibility index (Phi) is 6.14. The number of aliphatic carboxylic acids is 1. The average Bonchev–Trinajstić information content (AvgIpc) is 2.48. The average molecular weight is 293 g/mol. The minimum absolute atomic E-state index is 0.110. The van der Waals surface area contributed by atoms with Crippen LogP contribution in [0.1, 0.15) is 31.3 Å². The molecule has 1 heterocycles. The van der Waals surface area contributed by atoms with Crippen molar-refractivity contribution in [3.8, 4) is 0 Å². The van der Waals surface area contributed by atoms with Gasteiger partial charge in [0.05, 0.1) is 5.92 Å². The number of carbonyl (C=O) groups excluding carboxylic acids is 1. The van der Waals surface area contributed by atoms with E-state index in [1.165, 1.54) is 0 Å². The van der Waals surface area contributed by atoms with E-state index in [2.05, 4.69) is 4.98 Å². The van der Waals surface area contributed by atoms with E-state index < -0.39 is 11.9 Å². The van der Waals surface area contributed by atoms with Crippen LogP contribution in [0, 0.1) is 5.92 Å². The fourth-order valence-electron chi connectivity index (χ4n) is 2.04. The van der Waals surface area contributed by atoms with Crippen LogP contribution in [0.25, 0.3) is 0 Å². The number of carboxylic acids is 1. The maximum absolute atomic E-state index is 12.3. The number of carboxylic acid groups (broad SMARTS) is 1. The first-order chi connectivity index (χ1) is 9.90. The van der Waals surface area contributed by atoms with Crippen LogP contribution in [0.15, 0.2) is 18.3 Å². The van der Waals surface area contributed by atoms with Crippen molar-refractivity contribution >= 4 is 17.6 Å². The van der Waals surface area contributed by atoms with Gasteiger partial charge >= 0.3 is 5.97 Å². The van der Waals surface area contributed by atoms with Crippen molar-refractivity contribution < 1.29 is 14.7 Å². The van der Waals surface area contributed by atoms with E-state index in [1.54, 1.807) is 37.2 Å². The molecular formula is C15H23N3O3. The lowest BCUT2D eigenvalue weighted by Gasteiger charge is -2.23. The van der Waals surface area contributed by atoms with Crippen LogP contribution in [0.2, 0.25) is 0 Å². The smallest absolute Gasteiger partial charge is 0.308 e. The summed E-state index contributed by atoms with van der Waals surface area (Å²) >= 11 is 0. The summed E-state index contributed by atoms with van der Waals surface area (Å²) in [6.07, 6.45) is 1.58. The summed E-state index contributed by atoms with van der Waals surface area (Å²) in [7, 11) is 1.81. The normalized spacial score (nSPS) is 11.8. The summed E-state index contributed by atoms with van der Waals surface area (Å²) in [5, 5.41) is 8.96. The Bertz CT molecular complexity index is 501. The highest BCUT2D eigenvalue weighted by molar-refractivity contribution is 5.93. The van der Waals surface area contributed by atoms with Crippen molar-refractivity contribution in [2.75, 3.05) is 31.6 Å². The SMILES string of the molecule is CCN(CC)C(=O)c1cc(N(C)CC(C)C(=O)O)ccn1. The van der Waals surface area contributed by atoms with Crippen LogP contribution in [0.3, 0.4) is 0 Å². The van der Waals surface area contributed by atoms with Crippen LogP contribution in [0.5, 0.6) is 0 Å². The topological polar surface area (TPSA) is 73.7 Å². The van der Waals surface area contributed by atoms with Crippen molar-refractivity contribution in [3.63, 3.8) is 0 Å². The highest BCUT2D eigenvalue weighted by atomic mass is 16.4. The van der Waals surface area contributed by atoms with Crippen LogP contribution in [-0.2, 0) is 4.79 Å². The van der Waals surface area contributed by atoms with Gasteiger partial charge in [-0.3, -0.25) is 14.6 Å². The third-order valence-corrected chi connectivity index (χ3v) is 3.42. The van der Waals surface area contributed by atoms with Crippen LogP contribution >= 0.6 is 0 Å². The van der Waals surface area contributed by atoms with E-state index in [9.17, 15) is 9.59 Å². The van der Waals surface area contributed by atoms with Crippen LogP contribution in [0.4, 0.5) is 5.69 Å². The highest BCUT2D eigenvalue weighted by Crippen LogP contribution is 2.15. The predicted octanol–water partition coefficient (Wildman–Crippen LogP) is 1.72. The lowest BCUT2D eigenvalue weighted by Crippen LogP contribution is -2.32. The van der Waals surface area contributed by atoms with Gasteiger partial charge in [0.25, 0.3) is 5.91 Å². The standard InChI is InChI=1S/C15H23N3O3/c1-5-18(6-2)14(19)13-9-12(7-8-16-13)17(4)10-11(3)15(20)21/h7-9,11H,5-6,10H2,1-4H3,(H,20,21). The Morgan fingerprint density at radius 2 is 1.95 bits per heavy atom. The van der Waals surface area contributed by atoms with Gasteiger partial charge in [0, 0.05) is 38.6 Å². The number of carbonyl (C=O) groups is 2. The van der Waals surface area contributed by atoms with E-state index in [4.69, 9.17) is 5.11 Å². The summed E-state index contributed by atoms with van der Waals surface area (Å²) < 4.78 is 0. The number of hydrogen-bond acceptors (Lipinski definition) is 4. The van der Waals surface area contributed by atoms with Gasteiger partial charge in [-0.2, -0.15) is 0 Å². The molecule has 6 nitrogen and oxygen atoms in total. The zero-order valence-corrected chi connectivity index (χ0v) is 13.0. The molecule has 1 atom stereocenters. The van der Waals surface area contributed by atoms with Gasteiger partial charge in [0.1, 0.15) is 5.69 Å². The number of aromatic nitrogens is 1. The summed E-state index contributed by atoms with van der Waals surface area (Å²) in [5.74, 6) is -1.43. The molecule has 1 unspecified atom stereocenters. The molecule has 6 heteroatoms. The Morgan fingerprint density at radius 1 is 1.33 bits per heavy atom. The van der Waals surface area contributed by atoms with E-state index in [1.807, 2.05) is 18.7 Å². The molecule has 0 aliphatic rings. The molecule has 0 aliphatic heterocycles. The molecule has 1 N–H and O–H groups in total. The second kappa shape index (κ2) is 7.61. The molecule has 0 saturated carbocycles. The van der Waals surface area contributed by atoms with Gasteiger partial charge in [-0.25, -0.2) is 0 Å². The number of nitrogens with zero attached hydrogens (tertiary/aromatic N) is 3. The van der Waals surface area contributed by atoms with Gasteiger partial charge < -0.3 is 14.9 Å². The number of anilines is 1. The predicted molar refractivity (Wildman–Crippen MR) is 81.6 cm³/mol. The minimum atomic E-state index is -0.838. The summed E-state index contributed by atoms with van der Waals surface area (Å²) in [6.45, 7) is 7.14. The molecule has 1 amide bonds. The molecule has 0 aliphatic carbocycles. The first kappa shape index (κ1) is 16.9. The van der Waals surface area contributed by atoms with Gasteiger partial charge in [-0.05, 0) is 26.0 Å². The van der Waals surface area contributed by atoms with Crippen LogP contribution < -0.4 is 4.90 Å². The van der Waals surface area contributed by atoms with Crippen LogP contribution in [-0.4, -0.2) is 53.5 Å². The third kappa shape index (κ3) is 4.44. The maximum Gasteiger partial charge on any atom is 0.308 e. The first-order valence-electron chi connectivity index (χ1n) is 7.09. The maximum atomic E-state index is 12.3. The number of pyridine rings is 1. The first-order valence-corrected chi connectivity index (χ1v) is 7.09. The molecule has 0 radical (unpaired) electrons. The lowest BCUT2D eigenvalue weighted by molar-refractivity contribution is -0.140. The summed E-state index contributed by atoms with van der Waals surface area (Å²) in [6, 6.07) is 3.48. The molecule has 0 bridgehead atoms. The molecule has 0 aromatic carbocycles. The van der Waals surface area contributed by atoms with Gasteiger partial charge in [-0.1, -0.05) is 6.92 Å². The Hall–Kier alpha value is -2.11. The molecule has 1 aromatic rings. The van der Waals surface area contributed by atoms with Crippen molar-refractivity contribution in [1.82, 2.24) is 9.88 Å².